The van der Waals surface area contributed by atoms with E-state index < -0.39 is 0 Å². The summed E-state index contributed by atoms with van der Waals surface area (Å²) >= 11 is 2.09. The normalized spacial score (nSPS) is 19.0. The van der Waals surface area contributed by atoms with Crippen molar-refractivity contribution in [3.63, 3.8) is 0 Å². The van der Waals surface area contributed by atoms with Gasteiger partial charge in [0.2, 0.25) is 0 Å². The van der Waals surface area contributed by atoms with Gasteiger partial charge in [-0.15, -0.1) is 10.2 Å². The molecule has 1 unspecified atom stereocenters. The van der Waals surface area contributed by atoms with Gasteiger partial charge in [-0.3, -0.25) is 9.39 Å². The summed E-state index contributed by atoms with van der Waals surface area (Å²) in [6.07, 6.45) is 2.80. The van der Waals surface area contributed by atoms with Gasteiger partial charge >= 0.3 is 0 Å². The number of aliphatic imine (C=N–C) groups is 1. The number of nitrogens with one attached hydrogen (secondary N) is 1. The molecule has 2 aromatic rings. The zero-order valence-corrected chi connectivity index (χ0v) is 16.2. The molecule has 3 heterocycles. The number of aromatic nitrogens is 3. The molecule has 1 aliphatic rings. The second-order valence-corrected chi connectivity index (χ2v) is 7.98. The number of thioether (sulfide) groups is 1. The fourth-order valence-electron chi connectivity index (χ4n) is 3.02. The summed E-state index contributed by atoms with van der Waals surface area (Å²) < 4.78 is 2.04. The number of rotatable bonds is 5. The Kier molecular flexibility index (Phi) is 6.18. The van der Waals surface area contributed by atoms with Crippen LogP contribution in [-0.2, 0) is 6.42 Å². The van der Waals surface area contributed by atoms with E-state index in [9.17, 15) is 0 Å². The molecule has 0 bridgehead atoms. The first-order valence-electron chi connectivity index (χ1n) is 9.12. The van der Waals surface area contributed by atoms with Crippen molar-refractivity contribution in [2.45, 2.75) is 32.4 Å². The summed E-state index contributed by atoms with van der Waals surface area (Å²) in [5.41, 5.74) is 0.890. The van der Waals surface area contributed by atoms with E-state index in [-0.39, 0.29) is 0 Å². The van der Waals surface area contributed by atoms with E-state index in [4.69, 9.17) is 4.99 Å². The third-order valence-electron chi connectivity index (χ3n) is 4.45. The van der Waals surface area contributed by atoms with Gasteiger partial charge in [-0.1, -0.05) is 19.9 Å². The Balaban J connectivity index is 1.66. The highest BCUT2D eigenvalue weighted by Crippen LogP contribution is 2.24. The van der Waals surface area contributed by atoms with Crippen LogP contribution < -0.4 is 5.32 Å². The van der Waals surface area contributed by atoms with Crippen LogP contribution in [0, 0.1) is 5.92 Å². The van der Waals surface area contributed by atoms with Crippen LogP contribution in [0.1, 0.15) is 26.6 Å². The summed E-state index contributed by atoms with van der Waals surface area (Å²) in [5.74, 6) is 3.85. The predicted molar refractivity (Wildman–Crippen MR) is 105 cm³/mol. The molecule has 0 radical (unpaired) electrons. The maximum Gasteiger partial charge on any atom is 0.193 e. The molecule has 7 heteroatoms. The first-order chi connectivity index (χ1) is 12.2. The van der Waals surface area contributed by atoms with Crippen molar-refractivity contribution in [3.05, 3.63) is 30.2 Å². The Hall–Kier alpha value is -1.76. The lowest BCUT2D eigenvalue weighted by atomic mass is 10.1. The van der Waals surface area contributed by atoms with Gasteiger partial charge in [0.25, 0.3) is 0 Å². The van der Waals surface area contributed by atoms with Gasteiger partial charge in [-0.25, -0.2) is 0 Å². The summed E-state index contributed by atoms with van der Waals surface area (Å²) in [6, 6.07) is 5.96. The molecule has 136 valence electrons. The quantitative estimate of drug-likeness (QED) is 0.655. The highest BCUT2D eigenvalue weighted by atomic mass is 32.2. The van der Waals surface area contributed by atoms with Crippen molar-refractivity contribution in [2.24, 2.45) is 10.9 Å². The second-order valence-electron chi connectivity index (χ2n) is 6.63. The molecule has 6 nitrogen and oxygen atoms in total. The summed E-state index contributed by atoms with van der Waals surface area (Å²) in [6.45, 7) is 10.5. The minimum atomic E-state index is 0.679. The van der Waals surface area contributed by atoms with Gasteiger partial charge in [0.15, 0.2) is 11.6 Å². The van der Waals surface area contributed by atoms with E-state index in [0.29, 0.717) is 17.7 Å². The molecule has 25 heavy (non-hydrogen) atoms. The Bertz CT molecular complexity index is 710. The van der Waals surface area contributed by atoms with Crippen molar-refractivity contribution < 1.29 is 0 Å². The van der Waals surface area contributed by atoms with Crippen molar-refractivity contribution >= 4 is 23.4 Å². The highest BCUT2D eigenvalue weighted by molar-refractivity contribution is 8.00. The lowest BCUT2D eigenvalue weighted by Crippen LogP contribution is -2.49. The van der Waals surface area contributed by atoms with Crippen molar-refractivity contribution in [1.29, 1.82) is 0 Å². The van der Waals surface area contributed by atoms with Gasteiger partial charge in [0.1, 0.15) is 5.82 Å². The number of fused-ring (bicyclic) bond motifs is 1. The average Bonchev–Trinajstić information content (AvgIpc) is 3.04. The SMILES string of the molecule is CCNC(=NCCc1nnc2ccccn12)N1CCSC(C(C)C)C1. The number of hydrogen-bond donors (Lipinski definition) is 1. The molecule has 1 atom stereocenters. The van der Waals surface area contributed by atoms with Gasteiger partial charge < -0.3 is 10.2 Å². The molecule has 0 aromatic carbocycles. The van der Waals surface area contributed by atoms with Crippen molar-refractivity contribution in [2.75, 3.05) is 31.9 Å². The van der Waals surface area contributed by atoms with Crippen LogP contribution >= 0.6 is 11.8 Å². The largest absolute Gasteiger partial charge is 0.357 e. The summed E-state index contributed by atoms with van der Waals surface area (Å²) in [4.78, 5) is 7.26. The highest BCUT2D eigenvalue weighted by Gasteiger charge is 2.24. The van der Waals surface area contributed by atoms with Gasteiger partial charge in [0.05, 0.1) is 0 Å². The molecule has 3 rings (SSSR count). The Morgan fingerprint density at radius 2 is 2.28 bits per heavy atom. The fraction of sp³-hybridized carbons (Fsp3) is 0.611. The molecule has 1 N–H and O–H groups in total. The lowest BCUT2D eigenvalue weighted by Gasteiger charge is -2.36. The Labute approximate surface area is 154 Å². The van der Waals surface area contributed by atoms with Crippen LogP contribution in [0.4, 0.5) is 0 Å². The molecule has 1 fully saturated rings. The first-order valence-corrected chi connectivity index (χ1v) is 10.2. The minimum Gasteiger partial charge on any atom is -0.357 e. The number of nitrogens with zero attached hydrogens (tertiary/aromatic N) is 5. The molecular formula is C18H28N6S. The zero-order chi connectivity index (χ0) is 17.6. The molecule has 2 aromatic heterocycles. The molecule has 1 saturated heterocycles. The van der Waals surface area contributed by atoms with E-state index in [1.54, 1.807) is 0 Å². The van der Waals surface area contributed by atoms with Gasteiger partial charge in [-0.05, 0) is 25.0 Å². The zero-order valence-electron chi connectivity index (χ0n) is 15.4. The number of hydrogen-bond acceptors (Lipinski definition) is 4. The lowest BCUT2D eigenvalue weighted by molar-refractivity contribution is 0.381. The number of guanidine groups is 1. The molecule has 0 saturated carbocycles. The summed E-state index contributed by atoms with van der Waals surface area (Å²) in [7, 11) is 0. The molecule has 0 amide bonds. The van der Waals surface area contributed by atoms with Crippen LogP contribution in [0.15, 0.2) is 29.4 Å². The topological polar surface area (TPSA) is 57.8 Å². The molecule has 1 aliphatic heterocycles. The third kappa shape index (κ3) is 4.45. The van der Waals surface area contributed by atoms with Crippen molar-refractivity contribution in [3.8, 4) is 0 Å². The second kappa shape index (κ2) is 8.56. The maximum absolute atomic E-state index is 4.85. The van der Waals surface area contributed by atoms with Crippen LogP contribution in [-0.4, -0.2) is 62.6 Å². The molecule has 0 aliphatic carbocycles. The van der Waals surface area contributed by atoms with Crippen LogP contribution in [0.5, 0.6) is 0 Å². The van der Waals surface area contributed by atoms with E-state index in [1.165, 1.54) is 5.75 Å². The average molecular weight is 361 g/mol. The number of pyridine rings is 1. The third-order valence-corrected chi connectivity index (χ3v) is 5.99. The monoisotopic (exact) mass is 360 g/mol. The smallest absolute Gasteiger partial charge is 0.193 e. The van der Waals surface area contributed by atoms with Gasteiger partial charge in [-0.2, -0.15) is 11.8 Å². The molecule has 0 spiro atoms. The maximum atomic E-state index is 4.85. The van der Waals surface area contributed by atoms with E-state index in [0.717, 1.165) is 43.5 Å². The first kappa shape index (κ1) is 18.0. The van der Waals surface area contributed by atoms with Crippen LogP contribution in [0.25, 0.3) is 5.65 Å². The van der Waals surface area contributed by atoms with E-state index in [1.807, 2.05) is 28.8 Å². The standard InChI is InChI=1S/C18H28N6S/c1-4-19-18(23-11-12-25-15(13-23)14(2)3)20-9-8-17-22-21-16-7-5-6-10-24(16)17/h5-7,10,14-15H,4,8-9,11-13H2,1-3H3,(H,19,20). The summed E-state index contributed by atoms with van der Waals surface area (Å²) in [5, 5.41) is 12.6. The van der Waals surface area contributed by atoms with E-state index in [2.05, 4.69) is 52.9 Å². The predicted octanol–water partition coefficient (Wildman–Crippen LogP) is 2.31. The van der Waals surface area contributed by atoms with Crippen LogP contribution in [0.3, 0.4) is 0 Å². The van der Waals surface area contributed by atoms with Crippen LogP contribution in [0.2, 0.25) is 0 Å². The Morgan fingerprint density at radius 3 is 3.08 bits per heavy atom. The Morgan fingerprint density at radius 1 is 1.40 bits per heavy atom. The van der Waals surface area contributed by atoms with E-state index >= 15 is 0 Å². The van der Waals surface area contributed by atoms with Gasteiger partial charge in [0, 0.05) is 49.8 Å². The fourth-order valence-corrected chi connectivity index (χ4v) is 4.32. The van der Waals surface area contributed by atoms with Crippen molar-refractivity contribution in [1.82, 2.24) is 24.8 Å². The molecular weight excluding hydrogens is 332 g/mol. The minimum absolute atomic E-state index is 0.679.